The minimum atomic E-state index is -1.14. The first kappa shape index (κ1) is 18.9. The lowest BCUT2D eigenvalue weighted by atomic mass is 9.83. The Kier molecular flexibility index (Phi) is 5.17. The molecule has 140 valence electrons. The van der Waals surface area contributed by atoms with Crippen LogP contribution in [-0.2, 0) is 0 Å². The SMILES string of the molecule is CC(C)c1cccc2c(C(=O)O)c(O)c(C(c3ccccc3)C(C)C)nc12. The topological polar surface area (TPSA) is 70.4 Å². The van der Waals surface area contributed by atoms with Crippen molar-refractivity contribution in [2.24, 2.45) is 5.92 Å². The molecule has 27 heavy (non-hydrogen) atoms. The second-order valence-corrected chi connectivity index (χ2v) is 7.56. The zero-order valence-corrected chi connectivity index (χ0v) is 16.1. The van der Waals surface area contributed by atoms with E-state index in [0.29, 0.717) is 16.6 Å². The Morgan fingerprint density at radius 1 is 0.963 bits per heavy atom. The quantitative estimate of drug-likeness (QED) is 0.623. The first-order valence-electron chi connectivity index (χ1n) is 9.26. The van der Waals surface area contributed by atoms with Crippen molar-refractivity contribution in [3.8, 4) is 5.75 Å². The summed E-state index contributed by atoms with van der Waals surface area (Å²) in [5.74, 6) is -1.25. The monoisotopic (exact) mass is 363 g/mol. The van der Waals surface area contributed by atoms with Crippen molar-refractivity contribution in [2.75, 3.05) is 0 Å². The van der Waals surface area contributed by atoms with Gasteiger partial charge in [0.2, 0.25) is 0 Å². The van der Waals surface area contributed by atoms with Crippen LogP contribution < -0.4 is 0 Å². The molecule has 0 radical (unpaired) electrons. The molecular weight excluding hydrogens is 338 g/mol. The maximum absolute atomic E-state index is 12.0. The number of carboxylic acid groups (broad SMARTS) is 1. The van der Waals surface area contributed by atoms with E-state index in [-0.39, 0.29) is 29.1 Å². The molecule has 1 heterocycles. The van der Waals surface area contributed by atoms with Gasteiger partial charge in [-0.1, -0.05) is 76.2 Å². The van der Waals surface area contributed by atoms with E-state index < -0.39 is 5.97 Å². The fourth-order valence-electron chi connectivity index (χ4n) is 3.74. The molecule has 0 spiro atoms. The Morgan fingerprint density at radius 2 is 1.63 bits per heavy atom. The van der Waals surface area contributed by atoms with Crippen LogP contribution in [0.2, 0.25) is 0 Å². The molecule has 0 bridgehead atoms. The summed E-state index contributed by atoms with van der Waals surface area (Å²) in [6.45, 7) is 8.22. The van der Waals surface area contributed by atoms with Gasteiger partial charge in [-0.25, -0.2) is 9.78 Å². The zero-order valence-electron chi connectivity index (χ0n) is 16.1. The van der Waals surface area contributed by atoms with Crippen LogP contribution in [0.25, 0.3) is 10.9 Å². The average Bonchev–Trinajstić information content (AvgIpc) is 2.62. The number of hydrogen-bond donors (Lipinski definition) is 2. The van der Waals surface area contributed by atoms with Gasteiger partial charge in [0, 0.05) is 11.3 Å². The summed E-state index contributed by atoms with van der Waals surface area (Å²) < 4.78 is 0. The first-order chi connectivity index (χ1) is 12.8. The van der Waals surface area contributed by atoms with Crippen molar-refractivity contribution in [1.82, 2.24) is 4.98 Å². The van der Waals surface area contributed by atoms with Crippen LogP contribution in [0.5, 0.6) is 5.75 Å². The predicted octanol–water partition coefficient (Wildman–Crippen LogP) is 5.55. The van der Waals surface area contributed by atoms with Gasteiger partial charge in [-0.3, -0.25) is 0 Å². The van der Waals surface area contributed by atoms with E-state index in [4.69, 9.17) is 4.98 Å². The summed E-state index contributed by atoms with van der Waals surface area (Å²) in [6, 6.07) is 15.3. The number of hydrogen-bond acceptors (Lipinski definition) is 3. The lowest BCUT2D eigenvalue weighted by Gasteiger charge is -2.24. The average molecular weight is 363 g/mol. The summed E-state index contributed by atoms with van der Waals surface area (Å²) in [5.41, 5.74) is 2.99. The van der Waals surface area contributed by atoms with Gasteiger partial charge in [-0.2, -0.15) is 0 Å². The molecule has 4 heteroatoms. The maximum Gasteiger partial charge on any atom is 0.340 e. The third-order valence-electron chi connectivity index (χ3n) is 5.00. The van der Waals surface area contributed by atoms with E-state index in [1.54, 1.807) is 6.07 Å². The summed E-state index contributed by atoms with van der Waals surface area (Å²) in [6.07, 6.45) is 0. The Hall–Kier alpha value is -2.88. The number of aromatic hydroxyl groups is 1. The second-order valence-electron chi connectivity index (χ2n) is 7.56. The number of para-hydroxylation sites is 1. The fraction of sp³-hybridized carbons (Fsp3) is 0.304. The Morgan fingerprint density at radius 3 is 2.19 bits per heavy atom. The van der Waals surface area contributed by atoms with E-state index in [9.17, 15) is 15.0 Å². The largest absolute Gasteiger partial charge is 0.505 e. The molecule has 0 amide bonds. The lowest BCUT2D eigenvalue weighted by Crippen LogP contribution is -2.14. The van der Waals surface area contributed by atoms with E-state index in [0.717, 1.165) is 11.1 Å². The predicted molar refractivity (Wildman–Crippen MR) is 108 cm³/mol. The van der Waals surface area contributed by atoms with Gasteiger partial charge in [-0.15, -0.1) is 0 Å². The standard InChI is InChI=1S/C23H25NO3/c1-13(2)16-11-8-12-17-19(23(26)27)22(25)21(24-20(16)17)18(14(3)4)15-9-6-5-7-10-15/h5-14,18,25H,1-4H3,(H,26,27). The molecule has 1 atom stereocenters. The zero-order chi connectivity index (χ0) is 19.7. The summed E-state index contributed by atoms with van der Waals surface area (Å²) in [5, 5.41) is 21.2. The summed E-state index contributed by atoms with van der Waals surface area (Å²) >= 11 is 0. The normalized spacial score (nSPS) is 12.7. The van der Waals surface area contributed by atoms with Crippen molar-refractivity contribution in [1.29, 1.82) is 0 Å². The molecule has 3 rings (SSSR count). The molecule has 0 aliphatic carbocycles. The molecule has 0 aliphatic rings. The van der Waals surface area contributed by atoms with Gasteiger partial charge in [0.15, 0.2) is 5.75 Å². The van der Waals surface area contributed by atoms with E-state index in [2.05, 4.69) is 27.7 Å². The highest BCUT2D eigenvalue weighted by Crippen LogP contribution is 2.41. The van der Waals surface area contributed by atoms with Gasteiger partial charge >= 0.3 is 5.97 Å². The van der Waals surface area contributed by atoms with E-state index in [1.807, 2.05) is 42.5 Å². The number of nitrogens with zero attached hydrogens (tertiary/aromatic N) is 1. The van der Waals surface area contributed by atoms with Crippen molar-refractivity contribution in [3.05, 3.63) is 70.9 Å². The van der Waals surface area contributed by atoms with Gasteiger partial charge in [0.25, 0.3) is 0 Å². The molecule has 3 aromatic rings. The molecule has 0 saturated carbocycles. The van der Waals surface area contributed by atoms with Gasteiger partial charge in [-0.05, 0) is 23.0 Å². The molecule has 2 N–H and O–H groups in total. The number of pyridine rings is 1. The summed E-state index contributed by atoms with van der Waals surface area (Å²) in [4.78, 5) is 16.8. The van der Waals surface area contributed by atoms with Crippen molar-refractivity contribution < 1.29 is 15.0 Å². The van der Waals surface area contributed by atoms with Crippen LogP contribution >= 0.6 is 0 Å². The second kappa shape index (κ2) is 7.39. The van der Waals surface area contributed by atoms with Gasteiger partial charge in [0.1, 0.15) is 5.56 Å². The van der Waals surface area contributed by atoms with Crippen LogP contribution in [0, 0.1) is 5.92 Å². The van der Waals surface area contributed by atoms with E-state index in [1.165, 1.54) is 0 Å². The first-order valence-corrected chi connectivity index (χ1v) is 9.26. The summed E-state index contributed by atoms with van der Waals surface area (Å²) in [7, 11) is 0. The molecule has 1 unspecified atom stereocenters. The number of fused-ring (bicyclic) bond motifs is 1. The highest BCUT2D eigenvalue weighted by Gasteiger charge is 2.28. The van der Waals surface area contributed by atoms with Gasteiger partial charge < -0.3 is 10.2 Å². The van der Waals surface area contributed by atoms with Crippen LogP contribution in [0.15, 0.2) is 48.5 Å². The van der Waals surface area contributed by atoms with Crippen molar-refractivity contribution in [2.45, 2.75) is 39.5 Å². The smallest absolute Gasteiger partial charge is 0.340 e. The highest BCUT2D eigenvalue weighted by molar-refractivity contribution is 6.06. The molecule has 1 aromatic heterocycles. The number of carboxylic acids is 1. The highest BCUT2D eigenvalue weighted by atomic mass is 16.4. The van der Waals surface area contributed by atoms with Crippen molar-refractivity contribution in [3.63, 3.8) is 0 Å². The van der Waals surface area contributed by atoms with E-state index >= 15 is 0 Å². The Labute approximate surface area is 159 Å². The Bertz CT molecular complexity index is 978. The van der Waals surface area contributed by atoms with Crippen LogP contribution in [0.3, 0.4) is 0 Å². The molecule has 0 saturated heterocycles. The third kappa shape index (κ3) is 3.39. The van der Waals surface area contributed by atoms with Crippen molar-refractivity contribution >= 4 is 16.9 Å². The number of benzene rings is 2. The fourth-order valence-corrected chi connectivity index (χ4v) is 3.74. The minimum absolute atomic E-state index is 0.0703. The van der Waals surface area contributed by atoms with Gasteiger partial charge in [0.05, 0.1) is 11.2 Å². The molecule has 0 fully saturated rings. The third-order valence-corrected chi connectivity index (χ3v) is 5.00. The molecule has 4 nitrogen and oxygen atoms in total. The number of aromatic carboxylic acids is 1. The molecular formula is C23H25NO3. The van der Waals surface area contributed by atoms with Crippen LogP contribution in [0.1, 0.15) is 66.7 Å². The maximum atomic E-state index is 12.0. The number of carbonyl (C=O) groups is 1. The lowest BCUT2D eigenvalue weighted by molar-refractivity contribution is 0.0695. The van der Waals surface area contributed by atoms with Crippen LogP contribution in [-0.4, -0.2) is 21.2 Å². The Balaban J connectivity index is 2.40. The molecule has 2 aromatic carbocycles. The number of rotatable bonds is 5. The molecule has 0 aliphatic heterocycles. The van der Waals surface area contributed by atoms with Crippen LogP contribution in [0.4, 0.5) is 0 Å². The number of aromatic nitrogens is 1. The minimum Gasteiger partial charge on any atom is -0.505 e.